The van der Waals surface area contributed by atoms with Crippen molar-refractivity contribution in [2.45, 2.75) is 26.8 Å². The summed E-state index contributed by atoms with van der Waals surface area (Å²) in [6.07, 6.45) is -2.75. The van der Waals surface area contributed by atoms with E-state index < -0.39 is 29.9 Å². The lowest BCUT2D eigenvalue weighted by Crippen LogP contribution is -2.21. The number of alkyl halides is 2. The molecular formula is C15H16F2N4O4S. The van der Waals surface area contributed by atoms with Gasteiger partial charge in [0.25, 0.3) is 12.3 Å². The van der Waals surface area contributed by atoms with Gasteiger partial charge in [-0.05, 0) is 25.5 Å². The number of nitrogens with one attached hydrogen (secondary N) is 1. The first-order valence-electron chi connectivity index (χ1n) is 7.29. The summed E-state index contributed by atoms with van der Waals surface area (Å²) in [6.45, 7) is 2.69. The topological polar surface area (TPSA) is 116 Å². The van der Waals surface area contributed by atoms with Crippen molar-refractivity contribution in [2.24, 2.45) is 5.73 Å². The second kappa shape index (κ2) is 7.60. The zero-order valence-corrected chi connectivity index (χ0v) is 14.9. The third-order valence-corrected chi connectivity index (χ3v) is 4.75. The number of nitrogens with zero attached hydrogens (tertiary/aromatic N) is 2. The van der Waals surface area contributed by atoms with Gasteiger partial charge in [-0.25, -0.2) is 13.6 Å². The van der Waals surface area contributed by atoms with Crippen LogP contribution in [-0.4, -0.2) is 34.7 Å². The van der Waals surface area contributed by atoms with Crippen molar-refractivity contribution in [2.75, 3.05) is 12.4 Å². The Hall–Kier alpha value is -2.82. The smallest absolute Gasteiger partial charge is 0.341 e. The highest BCUT2D eigenvalue weighted by molar-refractivity contribution is 7.18. The Kier molecular flexibility index (Phi) is 5.70. The zero-order chi connectivity index (χ0) is 19.6. The van der Waals surface area contributed by atoms with E-state index in [0.717, 1.165) is 23.1 Å². The number of rotatable bonds is 6. The normalized spacial score (nSPS) is 10.8. The summed E-state index contributed by atoms with van der Waals surface area (Å²) < 4.78 is 31.1. The van der Waals surface area contributed by atoms with Gasteiger partial charge in [-0.15, -0.1) is 11.3 Å². The average Bonchev–Trinajstić information content (AvgIpc) is 3.07. The molecule has 0 bridgehead atoms. The maximum absolute atomic E-state index is 12.7. The third kappa shape index (κ3) is 3.87. The van der Waals surface area contributed by atoms with Crippen LogP contribution in [0.15, 0.2) is 6.07 Å². The Labute approximate surface area is 150 Å². The number of halogens is 2. The van der Waals surface area contributed by atoms with E-state index in [1.165, 1.54) is 19.9 Å². The first kappa shape index (κ1) is 19.5. The van der Waals surface area contributed by atoms with E-state index in [4.69, 9.17) is 5.73 Å². The summed E-state index contributed by atoms with van der Waals surface area (Å²) in [4.78, 5) is 35.8. The number of carbonyl (C=O) groups excluding carboxylic acids is 3. The standard InChI is InChI=1S/C15H16F2N4O4S/c1-6-4-8(12(16)17)20-21(6)5-9(22)19-14-10(15(24)25-3)7(2)11(26-14)13(18)23/h4,12H,5H2,1-3H3,(H2,18,23)(H,19,22). The van der Waals surface area contributed by atoms with E-state index in [1.807, 2.05) is 0 Å². The molecule has 0 saturated carbocycles. The molecule has 0 unspecified atom stereocenters. The van der Waals surface area contributed by atoms with E-state index in [1.54, 1.807) is 0 Å². The highest BCUT2D eigenvalue weighted by Crippen LogP contribution is 2.33. The molecule has 0 saturated heterocycles. The molecule has 0 spiro atoms. The average molecular weight is 386 g/mol. The molecule has 140 valence electrons. The lowest BCUT2D eigenvalue weighted by Gasteiger charge is -2.07. The molecular weight excluding hydrogens is 370 g/mol. The molecule has 2 heterocycles. The van der Waals surface area contributed by atoms with Crippen LogP contribution in [0.5, 0.6) is 0 Å². The highest BCUT2D eigenvalue weighted by Gasteiger charge is 2.25. The fraction of sp³-hybridized carbons (Fsp3) is 0.333. The van der Waals surface area contributed by atoms with Gasteiger partial charge in [0.05, 0.1) is 17.6 Å². The summed E-state index contributed by atoms with van der Waals surface area (Å²) in [5.41, 5.74) is 5.52. The van der Waals surface area contributed by atoms with Crippen molar-refractivity contribution in [1.82, 2.24) is 9.78 Å². The Balaban J connectivity index is 2.27. The molecule has 2 rings (SSSR count). The highest BCUT2D eigenvalue weighted by atomic mass is 32.1. The van der Waals surface area contributed by atoms with E-state index in [-0.39, 0.29) is 22.0 Å². The van der Waals surface area contributed by atoms with Gasteiger partial charge < -0.3 is 15.8 Å². The predicted molar refractivity (Wildman–Crippen MR) is 89.5 cm³/mol. The lowest BCUT2D eigenvalue weighted by atomic mass is 10.1. The van der Waals surface area contributed by atoms with Crippen LogP contribution in [0.1, 0.15) is 43.4 Å². The number of nitrogens with two attached hydrogens (primary N) is 1. The Morgan fingerprint density at radius 3 is 2.54 bits per heavy atom. The lowest BCUT2D eigenvalue weighted by molar-refractivity contribution is -0.116. The van der Waals surface area contributed by atoms with E-state index in [0.29, 0.717) is 11.3 Å². The SMILES string of the molecule is COC(=O)c1c(NC(=O)Cn2nc(C(F)F)cc2C)sc(C(N)=O)c1C. The van der Waals surface area contributed by atoms with Crippen LogP contribution in [0, 0.1) is 13.8 Å². The number of anilines is 1. The van der Waals surface area contributed by atoms with Crippen LogP contribution in [0.2, 0.25) is 0 Å². The summed E-state index contributed by atoms with van der Waals surface area (Å²) in [7, 11) is 1.16. The molecule has 26 heavy (non-hydrogen) atoms. The summed E-state index contributed by atoms with van der Waals surface area (Å²) in [5.74, 6) is -2.10. The maximum Gasteiger partial charge on any atom is 0.341 e. The molecule has 0 fully saturated rings. The number of esters is 1. The second-order valence-electron chi connectivity index (χ2n) is 5.33. The van der Waals surface area contributed by atoms with Crippen molar-refractivity contribution in [1.29, 1.82) is 0 Å². The number of primary amides is 1. The molecule has 0 aromatic carbocycles. The first-order chi connectivity index (χ1) is 12.1. The van der Waals surface area contributed by atoms with Crippen molar-refractivity contribution in [3.8, 4) is 0 Å². The van der Waals surface area contributed by atoms with Crippen LogP contribution in [0.3, 0.4) is 0 Å². The van der Waals surface area contributed by atoms with Crippen molar-refractivity contribution < 1.29 is 27.9 Å². The number of thiophene rings is 1. The first-order valence-corrected chi connectivity index (χ1v) is 8.11. The minimum atomic E-state index is -2.75. The van der Waals surface area contributed by atoms with Gasteiger partial charge in [-0.3, -0.25) is 14.3 Å². The predicted octanol–water partition coefficient (Wildman–Crippen LogP) is 2.02. The van der Waals surface area contributed by atoms with E-state index >= 15 is 0 Å². The number of methoxy groups -OCH3 is 1. The largest absolute Gasteiger partial charge is 0.465 e. The molecule has 3 N–H and O–H groups in total. The molecule has 2 aromatic heterocycles. The van der Waals surface area contributed by atoms with Crippen molar-refractivity contribution in [3.05, 3.63) is 33.5 Å². The molecule has 2 aromatic rings. The van der Waals surface area contributed by atoms with Crippen LogP contribution < -0.4 is 11.1 Å². The molecule has 0 radical (unpaired) electrons. The van der Waals surface area contributed by atoms with Gasteiger partial charge in [0.1, 0.15) is 17.2 Å². The van der Waals surface area contributed by atoms with Gasteiger partial charge in [0, 0.05) is 5.69 Å². The minimum Gasteiger partial charge on any atom is -0.465 e. The number of hydrogen-bond acceptors (Lipinski definition) is 6. The number of aromatic nitrogens is 2. The fourth-order valence-corrected chi connectivity index (χ4v) is 3.35. The van der Waals surface area contributed by atoms with Gasteiger partial charge in [-0.2, -0.15) is 5.10 Å². The monoisotopic (exact) mass is 386 g/mol. The van der Waals surface area contributed by atoms with Crippen LogP contribution in [0.25, 0.3) is 0 Å². The molecule has 11 heteroatoms. The van der Waals surface area contributed by atoms with Crippen LogP contribution in [-0.2, 0) is 16.1 Å². The number of aryl methyl sites for hydroxylation is 1. The summed E-state index contributed by atoms with van der Waals surface area (Å²) in [5, 5.41) is 6.23. The summed E-state index contributed by atoms with van der Waals surface area (Å²) in [6, 6.07) is 1.18. The van der Waals surface area contributed by atoms with Gasteiger partial charge in [0.15, 0.2) is 0 Å². The van der Waals surface area contributed by atoms with Gasteiger partial charge in [0.2, 0.25) is 5.91 Å². The van der Waals surface area contributed by atoms with Crippen LogP contribution in [0.4, 0.5) is 13.8 Å². The minimum absolute atomic E-state index is 0.0186. The quantitative estimate of drug-likeness (QED) is 0.737. The van der Waals surface area contributed by atoms with Crippen LogP contribution >= 0.6 is 11.3 Å². The van der Waals surface area contributed by atoms with Gasteiger partial charge in [-0.1, -0.05) is 0 Å². The maximum atomic E-state index is 12.7. The Morgan fingerprint density at radius 1 is 1.38 bits per heavy atom. The number of hydrogen-bond donors (Lipinski definition) is 2. The fourth-order valence-electron chi connectivity index (χ4n) is 2.29. The molecule has 8 nitrogen and oxygen atoms in total. The van der Waals surface area contributed by atoms with Crippen molar-refractivity contribution >= 4 is 34.1 Å². The van der Waals surface area contributed by atoms with Crippen molar-refractivity contribution in [3.63, 3.8) is 0 Å². The molecule has 0 aliphatic carbocycles. The Morgan fingerprint density at radius 2 is 2.04 bits per heavy atom. The molecule has 0 atom stereocenters. The third-order valence-electron chi connectivity index (χ3n) is 3.53. The van der Waals surface area contributed by atoms with E-state index in [9.17, 15) is 23.2 Å². The number of carbonyl (C=O) groups is 3. The zero-order valence-electron chi connectivity index (χ0n) is 14.1. The van der Waals surface area contributed by atoms with Gasteiger partial charge >= 0.3 is 5.97 Å². The van der Waals surface area contributed by atoms with E-state index in [2.05, 4.69) is 15.2 Å². The number of amides is 2. The molecule has 0 aliphatic heterocycles. The molecule has 2 amide bonds. The Bertz CT molecular complexity index is 875. The number of ether oxygens (including phenoxy) is 1. The molecule has 0 aliphatic rings. The summed E-state index contributed by atoms with van der Waals surface area (Å²) >= 11 is 0.834. The second-order valence-corrected chi connectivity index (χ2v) is 6.35.